The Morgan fingerprint density at radius 2 is 2.50 bits per heavy atom. The molecule has 57 valence electrons. The lowest BCUT2D eigenvalue weighted by atomic mass is 10.5. The minimum atomic E-state index is -0.166. The van der Waals surface area contributed by atoms with E-state index in [1.165, 1.54) is 0 Å². The monoisotopic (exact) mass is 178 g/mol. The minimum absolute atomic E-state index is 0.149. The van der Waals surface area contributed by atoms with Crippen molar-refractivity contribution in [2.45, 2.75) is 5.50 Å². The number of nitrogens with zero attached hydrogens (tertiary/aromatic N) is 1. The van der Waals surface area contributed by atoms with Crippen molar-refractivity contribution in [1.29, 1.82) is 0 Å². The van der Waals surface area contributed by atoms with Gasteiger partial charge in [-0.25, -0.2) is 0 Å². The number of hydrogen-bond acceptors (Lipinski definition) is 2. The van der Waals surface area contributed by atoms with Gasteiger partial charge in [-0.15, -0.1) is 0 Å². The van der Waals surface area contributed by atoms with Crippen LogP contribution in [0.2, 0.25) is 0 Å². The lowest BCUT2D eigenvalue weighted by Gasteiger charge is -2.30. The molecule has 0 aromatic rings. The Bertz CT molecular complexity index is 142. The highest BCUT2D eigenvalue weighted by atomic mass is 35.5. The summed E-state index contributed by atoms with van der Waals surface area (Å²) in [5.41, 5.74) is -0.149. The predicted octanol–water partition coefficient (Wildman–Crippen LogP) is 0.961. The molecule has 1 heterocycles. The normalized spacial score (nSPS) is 26.6. The highest BCUT2D eigenvalue weighted by Gasteiger charge is 2.21. The van der Waals surface area contributed by atoms with Crippen molar-refractivity contribution in [3.05, 3.63) is 6.92 Å². The summed E-state index contributed by atoms with van der Waals surface area (Å²) in [5.74, 6) is 1.63. The highest BCUT2D eigenvalue weighted by molar-refractivity contribution is 7.99. The smallest absolute Gasteiger partial charge is 0.224 e. The first-order chi connectivity index (χ1) is 4.72. The zero-order chi connectivity index (χ0) is 7.56. The van der Waals surface area contributed by atoms with Crippen LogP contribution in [0.15, 0.2) is 0 Å². The fourth-order valence-corrected chi connectivity index (χ4v) is 2.20. The zero-order valence-electron chi connectivity index (χ0n) is 5.55. The van der Waals surface area contributed by atoms with Gasteiger partial charge < -0.3 is 4.90 Å². The molecule has 10 heavy (non-hydrogen) atoms. The Hall–Kier alpha value is 0.110. The number of hydrogen-bond donors (Lipinski definition) is 0. The van der Waals surface area contributed by atoms with Gasteiger partial charge in [0, 0.05) is 25.0 Å². The van der Waals surface area contributed by atoms with Crippen LogP contribution in [-0.2, 0) is 4.79 Å². The van der Waals surface area contributed by atoms with Crippen molar-refractivity contribution in [2.24, 2.45) is 0 Å². The Morgan fingerprint density at radius 1 is 1.80 bits per heavy atom. The maximum Gasteiger partial charge on any atom is 0.224 e. The molecular formula is C6H9ClNOS. The third-order valence-electron chi connectivity index (χ3n) is 1.39. The standard InChI is InChI=1S/C6H9ClNOS/c1-5(9)8-2-3-10-4-6(8)7/h6H,1-4H2. The van der Waals surface area contributed by atoms with Gasteiger partial charge in [0.25, 0.3) is 0 Å². The molecule has 0 saturated carbocycles. The molecule has 0 N–H and O–H groups in total. The number of carbonyl (C=O) groups is 1. The third-order valence-corrected chi connectivity index (χ3v) is 2.99. The van der Waals surface area contributed by atoms with E-state index in [0.717, 1.165) is 18.1 Å². The molecule has 1 fully saturated rings. The number of thioether (sulfide) groups is 1. The van der Waals surface area contributed by atoms with Gasteiger partial charge in [0.15, 0.2) is 0 Å². The third kappa shape index (κ3) is 1.80. The van der Waals surface area contributed by atoms with Gasteiger partial charge in [-0.05, 0) is 0 Å². The van der Waals surface area contributed by atoms with Gasteiger partial charge in [-0.2, -0.15) is 11.8 Å². The molecule has 1 amide bonds. The van der Waals surface area contributed by atoms with E-state index in [9.17, 15) is 4.79 Å². The summed E-state index contributed by atoms with van der Waals surface area (Å²) in [6.07, 6.45) is 0. The Labute approximate surface area is 69.9 Å². The van der Waals surface area contributed by atoms with Gasteiger partial charge in [-0.3, -0.25) is 4.79 Å². The molecule has 4 heteroatoms. The van der Waals surface area contributed by atoms with E-state index < -0.39 is 0 Å². The quantitative estimate of drug-likeness (QED) is 0.407. The molecule has 0 aliphatic carbocycles. The minimum Gasteiger partial charge on any atom is -0.325 e. The van der Waals surface area contributed by atoms with Crippen molar-refractivity contribution in [1.82, 2.24) is 4.90 Å². The van der Waals surface area contributed by atoms with Crippen LogP contribution >= 0.6 is 23.4 Å². The van der Waals surface area contributed by atoms with Crippen LogP contribution in [0, 0.1) is 6.92 Å². The Morgan fingerprint density at radius 3 is 2.90 bits per heavy atom. The van der Waals surface area contributed by atoms with E-state index in [1.54, 1.807) is 16.7 Å². The second kappa shape index (κ2) is 3.49. The summed E-state index contributed by atoms with van der Waals surface area (Å²) in [6.45, 7) is 4.04. The topological polar surface area (TPSA) is 20.3 Å². The van der Waals surface area contributed by atoms with Crippen molar-refractivity contribution < 1.29 is 4.79 Å². The summed E-state index contributed by atoms with van der Waals surface area (Å²) in [7, 11) is 0. The summed E-state index contributed by atoms with van der Waals surface area (Å²) < 4.78 is 0. The van der Waals surface area contributed by atoms with Gasteiger partial charge in [0.05, 0.1) is 0 Å². The molecule has 0 aromatic heterocycles. The van der Waals surface area contributed by atoms with Crippen molar-refractivity contribution in [3.63, 3.8) is 0 Å². The van der Waals surface area contributed by atoms with Gasteiger partial charge in [0.1, 0.15) is 5.50 Å². The molecule has 0 aromatic carbocycles. The predicted molar refractivity (Wildman–Crippen MR) is 44.0 cm³/mol. The zero-order valence-corrected chi connectivity index (χ0v) is 7.12. The van der Waals surface area contributed by atoms with E-state index in [4.69, 9.17) is 11.6 Å². The molecular weight excluding hydrogens is 170 g/mol. The molecule has 1 unspecified atom stereocenters. The van der Waals surface area contributed by atoms with Gasteiger partial charge in [0.2, 0.25) is 5.91 Å². The molecule has 2 nitrogen and oxygen atoms in total. The summed E-state index contributed by atoms with van der Waals surface area (Å²) in [6, 6.07) is 0. The highest BCUT2D eigenvalue weighted by Crippen LogP contribution is 2.18. The van der Waals surface area contributed by atoms with E-state index in [1.807, 2.05) is 0 Å². The van der Waals surface area contributed by atoms with Crippen LogP contribution in [0.5, 0.6) is 0 Å². The number of halogens is 1. The molecule has 0 bridgehead atoms. The number of amides is 1. The molecule has 1 saturated heterocycles. The van der Waals surface area contributed by atoms with Crippen molar-refractivity contribution >= 4 is 29.3 Å². The van der Waals surface area contributed by atoms with E-state index in [-0.39, 0.29) is 11.4 Å². The van der Waals surface area contributed by atoms with Crippen LogP contribution in [0.3, 0.4) is 0 Å². The van der Waals surface area contributed by atoms with Crippen molar-refractivity contribution in [2.75, 3.05) is 18.1 Å². The largest absolute Gasteiger partial charge is 0.325 e. The Balaban J connectivity index is 2.47. The molecule has 1 atom stereocenters. The fourth-order valence-electron chi connectivity index (χ4n) is 0.854. The Kier molecular flexibility index (Phi) is 2.86. The maximum atomic E-state index is 10.7. The first kappa shape index (κ1) is 8.21. The lowest BCUT2D eigenvalue weighted by molar-refractivity contribution is -0.126. The average Bonchev–Trinajstić information content (AvgIpc) is 1.88. The van der Waals surface area contributed by atoms with Crippen LogP contribution < -0.4 is 0 Å². The van der Waals surface area contributed by atoms with Crippen LogP contribution in [0.1, 0.15) is 0 Å². The van der Waals surface area contributed by atoms with Gasteiger partial charge in [-0.1, -0.05) is 11.6 Å². The van der Waals surface area contributed by atoms with E-state index >= 15 is 0 Å². The number of alkyl halides is 1. The first-order valence-electron chi connectivity index (χ1n) is 3.06. The molecule has 1 aliphatic heterocycles. The van der Waals surface area contributed by atoms with Gasteiger partial charge >= 0.3 is 0 Å². The van der Waals surface area contributed by atoms with Crippen LogP contribution in [-0.4, -0.2) is 34.4 Å². The summed E-state index contributed by atoms with van der Waals surface area (Å²) >= 11 is 7.59. The molecule has 0 spiro atoms. The average molecular weight is 179 g/mol. The number of rotatable bonds is 0. The van der Waals surface area contributed by atoms with Crippen molar-refractivity contribution in [3.8, 4) is 0 Å². The van der Waals surface area contributed by atoms with E-state index in [0.29, 0.717) is 0 Å². The first-order valence-corrected chi connectivity index (χ1v) is 4.65. The maximum absolute atomic E-state index is 10.7. The fraction of sp³-hybridized carbons (Fsp3) is 0.667. The molecule has 1 radical (unpaired) electrons. The molecule has 1 aliphatic rings. The summed E-state index contributed by atoms with van der Waals surface area (Å²) in [5, 5.41) is 0. The lowest BCUT2D eigenvalue weighted by Crippen LogP contribution is -2.41. The number of carbonyl (C=O) groups excluding carboxylic acids is 1. The SMILES string of the molecule is [CH2]C(=O)N1CCSCC1Cl. The molecule has 1 rings (SSSR count). The van der Waals surface area contributed by atoms with Crippen LogP contribution in [0.25, 0.3) is 0 Å². The van der Waals surface area contributed by atoms with E-state index in [2.05, 4.69) is 6.92 Å². The second-order valence-corrected chi connectivity index (χ2v) is 3.75. The summed E-state index contributed by atoms with van der Waals surface area (Å²) in [4.78, 5) is 12.3. The second-order valence-electron chi connectivity index (χ2n) is 2.10. The van der Waals surface area contributed by atoms with Crippen LogP contribution in [0.4, 0.5) is 0 Å².